The Bertz CT molecular complexity index is 877. The minimum absolute atomic E-state index is 0.00316. The molecule has 1 aromatic carbocycles. The zero-order chi connectivity index (χ0) is 18.3. The summed E-state index contributed by atoms with van der Waals surface area (Å²) in [4.78, 5) is 1.25. The molecule has 0 unspecified atom stereocenters. The molecule has 3 atom stereocenters. The fourth-order valence-corrected chi connectivity index (χ4v) is 5.81. The first-order valence-corrected chi connectivity index (χ1v) is 10.1. The van der Waals surface area contributed by atoms with Gasteiger partial charge in [-0.25, -0.2) is 4.39 Å². The summed E-state index contributed by atoms with van der Waals surface area (Å²) in [5, 5.41) is 12.7. The molecule has 26 heavy (non-hydrogen) atoms. The van der Waals surface area contributed by atoms with Gasteiger partial charge in [-0.1, -0.05) is 11.6 Å². The molecule has 4 rings (SSSR count). The van der Waals surface area contributed by atoms with Crippen molar-refractivity contribution in [2.24, 2.45) is 0 Å². The van der Waals surface area contributed by atoms with Gasteiger partial charge in [-0.15, -0.1) is 11.3 Å². The number of nitrogens with one attached hydrogen (secondary N) is 1. The van der Waals surface area contributed by atoms with Crippen LogP contribution in [0.25, 0.3) is 0 Å². The number of rotatable bonds is 1. The van der Waals surface area contributed by atoms with Crippen molar-refractivity contribution in [1.29, 1.82) is 5.26 Å². The van der Waals surface area contributed by atoms with E-state index in [0.717, 1.165) is 35.6 Å². The molecule has 2 aliphatic heterocycles. The number of thiophene rings is 1. The van der Waals surface area contributed by atoms with Crippen molar-refractivity contribution in [2.75, 3.05) is 6.61 Å². The number of nitriles is 1. The standard InChI is InChI=1S/C20H20ClFN2OS/c1-12-10-20(19-14(3-5-25-20)9-18(21)26-19)4-2-17(24-12)15-6-13(11-23)7-16(22)8-15/h6-9,12,17,24H,2-5,10H2,1H3/t12-,17-,20+/m0/s1. The van der Waals surface area contributed by atoms with Gasteiger partial charge in [0, 0.05) is 17.0 Å². The summed E-state index contributed by atoms with van der Waals surface area (Å²) < 4.78 is 21.0. The van der Waals surface area contributed by atoms with Gasteiger partial charge in [0.05, 0.1) is 22.6 Å². The molecule has 6 heteroatoms. The second-order valence-corrected chi connectivity index (χ2v) is 8.93. The molecule has 2 aromatic rings. The van der Waals surface area contributed by atoms with Crippen LogP contribution in [0.15, 0.2) is 24.3 Å². The molecule has 1 N–H and O–H groups in total. The van der Waals surface area contributed by atoms with Crippen LogP contribution in [0, 0.1) is 17.1 Å². The van der Waals surface area contributed by atoms with Gasteiger partial charge in [-0.2, -0.15) is 5.26 Å². The molecule has 136 valence electrons. The molecule has 0 amide bonds. The minimum Gasteiger partial charge on any atom is -0.369 e. The van der Waals surface area contributed by atoms with Gasteiger partial charge >= 0.3 is 0 Å². The quantitative estimate of drug-likeness (QED) is 0.738. The summed E-state index contributed by atoms with van der Waals surface area (Å²) in [6.45, 7) is 2.84. The molecular weight excluding hydrogens is 371 g/mol. The van der Waals surface area contributed by atoms with Crippen LogP contribution in [-0.4, -0.2) is 12.6 Å². The lowest BCUT2D eigenvalue weighted by atomic mass is 9.85. The molecule has 1 aromatic heterocycles. The van der Waals surface area contributed by atoms with Crippen LogP contribution in [0.1, 0.15) is 53.8 Å². The summed E-state index contributed by atoms with van der Waals surface area (Å²) >= 11 is 7.90. The zero-order valence-corrected chi connectivity index (χ0v) is 16.1. The highest BCUT2D eigenvalue weighted by atomic mass is 35.5. The molecule has 0 bridgehead atoms. The Morgan fingerprint density at radius 2 is 2.23 bits per heavy atom. The molecule has 3 nitrogen and oxygen atoms in total. The third-order valence-corrected chi connectivity index (χ3v) is 6.84. The number of hydrogen-bond acceptors (Lipinski definition) is 4. The number of fused-ring (bicyclic) bond motifs is 2. The van der Waals surface area contributed by atoms with Crippen LogP contribution in [0.3, 0.4) is 0 Å². The summed E-state index contributed by atoms with van der Waals surface area (Å²) in [5.41, 5.74) is 2.16. The van der Waals surface area contributed by atoms with E-state index in [4.69, 9.17) is 21.6 Å². The average molecular weight is 391 g/mol. The van der Waals surface area contributed by atoms with Crippen LogP contribution in [0.4, 0.5) is 4.39 Å². The fraction of sp³-hybridized carbons (Fsp3) is 0.450. The second kappa shape index (κ2) is 6.94. The lowest BCUT2D eigenvalue weighted by molar-refractivity contribution is -0.0704. The predicted octanol–water partition coefficient (Wildman–Crippen LogP) is 5.08. The van der Waals surface area contributed by atoms with Crippen molar-refractivity contribution in [3.8, 4) is 6.07 Å². The van der Waals surface area contributed by atoms with Crippen molar-refractivity contribution >= 4 is 22.9 Å². The normalized spacial score (nSPS) is 28.4. The van der Waals surface area contributed by atoms with E-state index in [0.29, 0.717) is 12.2 Å². The average Bonchev–Trinajstić information content (AvgIpc) is 2.91. The van der Waals surface area contributed by atoms with Gasteiger partial charge in [-0.05, 0) is 68.0 Å². The molecule has 0 aliphatic carbocycles. The minimum atomic E-state index is -0.367. The van der Waals surface area contributed by atoms with E-state index in [1.165, 1.54) is 22.6 Å². The Kier molecular flexibility index (Phi) is 4.79. The maximum atomic E-state index is 13.9. The Morgan fingerprint density at radius 3 is 3.04 bits per heavy atom. The van der Waals surface area contributed by atoms with Crippen molar-refractivity contribution in [3.63, 3.8) is 0 Å². The maximum absolute atomic E-state index is 13.9. The molecular formula is C20H20ClFN2OS. The number of benzene rings is 1. The zero-order valence-electron chi connectivity index (χ0n) is 14.5. The molecule has 1 fully saturated rings. The topological polar surface area (TPSA) is 45.0 Å². The first kappa shape index (κ1) is 17.9. The van der Waals surface area contributed by atoms with Crippen LogP contribution in [0.5, 0.6) is 0 Å². The first-order valence-electron chi connectivity index (χ1n) is 8.88. The van der Waals surface area contributed by atoms with Crippen molar-refractivity contribution in [1.82, 2.24) is 5.32 Å². The number of nitrogens with zero attached hydrogens (tertiary/aromatic N) is 1. The molecule has 0 saturated carbocycles. The Morgan fingerprint density at radius 1 is 1.38 bits per heavy atom. The third kappa shape index (κ3) is 3.27. The van der Waals surface area contributed by atoms with E-state index >= 15 is 0 Å². The SMILES string of the molecule is C[C@H]1C[C@@]2(CC[C@@H](c3cc(F)cc(C#N)c3)N1)OCCc1cc(Cl)sc12. The van der Waals surface area contributed by atoms with Gasteiger partial charge < -0.3 is 10.1 Å². The van der Waals surface area contributed by atoms with E-state index in [-0.39, 0.29) is 23.5 Å². The third-order valence-electron chi connectivity index (χ3n) is 5.35. The Labute approximate surface area is 161 Å². The van der Waals surface area contributed by atoms with Crippen molar-refractivity contribution < 1.29 is 9.13 Å². The monoisotopic (exact) mass is 390 g/mol. The molecule has 0 radical (unpaired) electrons. The molecule has 2 aliphatic rings. The van der Waals surface area contributed by atoms with E-state index in [9.17, 15) is 4.39 Å². The van der Waals surface area contributed by atoms with Gasteiger partial charge in [-0.3, -0.25) is 0 Å². The van der Waals surface area contributed by atoms with Crippen LogP contribution in [-0.2, 0) is 16.8 Å². The smallest absolute Gasteiger partial charge is 0.124 e. The highest BCUT2D eigenvalue weighted by Gasteiger charge is 2.43. The summed E-state index contributed by atoms with van der Waals surface area (Å²) in [6, 6.07) is 8.88. The lowest BCUT2D eigenvalue weighted by Gasteiger charge is -2.37. The molecule has 3 heterocycles. The summed E-state index contributed by atoms with van der Waals surface area (Å²) in [5.74, 6) is -0.367. The predicted molar refractivity (Wildman–Crippen MR) is 101 cm³/mol. The molecule has 1 saturated heterocycles. The highest BCUT2D eigenvalue weighted by Crippen LogP contribution is 2.48. The fourth-order valence-electron chi connectivity index (χ4n) is 4.33. The van der Waals surface area contributed by atoms with Crippen molar-refractivity contribution in [2.45, 2.75) is 50.3 Å². The van der Waals surface area contributed by atoms with E-state index in [2.05, 4.69) is 18.3 Å². The second-order valence-electron chi connectivity index (χ2n) is 7.25. The van der Waals surface area contributed by atoms with Crippen LogP contribution in [0.2, 0.25) is 4.34 Å². The van der Waals surface area contributed by atoms with Gasteiger partial charge in [0.15, 0.2) is 0 Å². The number of ether oxygens (including phenoxy) is 1. The summed E-state index contributed by atoms with van der Waals surface area (Å²) in [6.07, 6.45) is 3.42. The largest absolute Gasteiger partial charge is 0.369 e. The van der Waals surface area contributed by atoms with E-state index in [1.807, 2.05) is 6.07 Å². The Hall–Kier alpha value is -1.45. The maximum Gasteiger partial charge on any atom is 0.124 e. The Balaban J connectivity index is 1.66. The van der Waals surface area contributed by atoms with Gasteiger partial charge in [0.25, 0.3) is 0 Å². The first-order chi connectivity index (χ1) is 12.5. The number of hydrogen-bond donors (Lipinski definition) is 1. The number of halogens is 2. The van der Waals surface area contributed by atoms with Crippen LogP contribution >= 0.6 is 22.9 Å². The molecule has 1 spiro atoms. The van der Waals surface area contributed by atoms with Gasteiger partial charge in [0.1, 0.15) is 11.4 Å². The van der Waals surface area contributed by atoms with Crippen LogP contribution < -0.4 is 5.32 Å². The van der Waals surface area contributed by atoms with Gasteiger partial charge in [0.2, 0.25) is 0 Å². The highest BCUT2D eigenvalue weighted by molar-refractivity contribution is 7.16. The van der Waals surface area contributed by atoms with Crippen molar-refractivity contribution in [3.05, 3.63) is 56.0 Å². The summed E-state index contributed by atoms with van der Waals surface area (Å²) in [7, 11) is 0. The van der Waals surface area contributed by atoms with E-state index in [1.54, 1.807) is 17.4 Å². The lowest BCUT2D eigenvalue weighted by Crippen LogP contribution is -2.38. The van der Waals surface area contributed by atoms with E-state index < -0.39 is 0 Å².